The number of hydrogen-bond acceptors (Lipinski definition) is 8. The van der Waals surface area contributed by atoms with Gasteiger partial charge in [0, 0.05) is 24.8 Å². The quantitative estimate of drug-likeness (QED) is 0.413. The number of hydrogen-bond donors (Lipinski definition) is 4. The molecule has 2 aromatic heterocycles. The van der Waals surface area contributed by atoms with Crippen LogP contribution >= 0.6 is 11.5 Å². The van der Waals surface area contributed by atoms with Gasteiger partial charge in [0.05, 0.1) is 29.7 Å². The SMILES string of the molecule is Cc1nsc(Nc2cnc(C(=O)NC3CN(C(=O)O)C3)cn2)c1C(=O)Nc1ccc(F)c(F)c1. The molecule has 34 heavy (non-hydrogen) atoms. The van der Waals surface area contributed by atoms with Gasteiger partial charge in [0.2, 0.25) is 0 Å². The van der Waals surface area contributed by atoms with Crippen LogP contribution in [-0.2, 0) is 0 Å². The normalized spacial score (nSPS) is 13.2. The van der Waals surface area contributed by atoms with Gasteiger partial charge in [-0.3, -0.25) is 9.59 Å². The number of nitrogens with one attached hydrogen (secondary N) is 3. The van der Waals surface area contributed by atoms with Crippen LogP contribution in [0.25, 0.3) is 0 Å². The predicted octanol–water partition coefficient (Wildman–Crippen LogP) is 2.61. The summed E-state index contributed by atoms with van der Waals surface area (Å²) in [6.45, 7) is 2.02. The first-order valence-corrected chi connectivity index (χ1v) is 10.6. The smallest absolute Gasteiger partial charge is 0.407 e. The lowest BCUT2D eigenvalue weighted by molar-refractivity contribution is 0.0764. The Bertz CT molecular complexity index is 1260. The van der Waals surface area contributed by atoms with Crippen molar-refractivity contribution in [2.75, 3.05) is 23.7 Å². The van der Waals surface area contributed by atoms with Crippen LogP contribution in [0.5, 0.6) is 0 Å². The highest BCUT2D eigenvalue weighted by molar-refractivity contribution is 7.10. The van der Waals surface area contributed by atoms with Gasteiger partial charge < -0.3 is 26.0 Å². The minimum absolute atomic E-state index is 0.0381. The van der Waals surface area contributed by atoms with Gasteiger partial charge in [-0.05, 0) is 30.6 Å². The highest BCUT2D eigenvalue weighted by atomic mass is 32.1. The third-order valence-corrected chi connectivity index (χ3v) is 5.73. The van der Waals surface area contributed by atoms with E-state index in [1.54, 1.807) is 6.92 Å². The highest BCUT2D eigenvalue weighted by Crippen LogP contribution is 2.28. The van der Waals surface area contributed by atoms with Crippen molar-refractivity contribution in [3.63, 3.8) is 0 Å². The Labute approximate surface area is 195 Å². The third kappa shape index (κ3) is 4.91. The first-order valence-electron chi connectivity index (χ1n) is 9.81. The van der Waals surface area contributed by atoms with Crippen molar-refractivity contribution in [3.8, 4) is 0 Å². The largest absolute Gasteiger partial charge is 0.465 e. The molecule has 0 saturated carbocycles. The van der Waals surface area contributed by atoms with Gasteiger partial charge in [0.1, 0.15) is 16.5 Å². The summed E-state index contributed by atoms with van der Waals surface area (Å²) in [5.41, 5.74) is 0.712. The van der Waals surface area contributed by atoms with E-state index in [0.29, 0.717) is 10.7 Å². The monoisotopic (exact) mass is 489 g/mol. The molecule has 0 radical (unpaired) electrons. The molecule has 0 unspecified atom stereocenters. The van der Waals surface area contributed by atoms with Crippen LogP contribution < -0.4 is 16.0 Å². The summed E-state index contributed by atoms with van der Waals surface area (Å²) in [7, 11) is 0. The van der Waals surface area contributed by atoms with Crippen LogP contribution in [0.15, 0.2) is 30.6 Å². The second kappa shape index (κ2) is 9.35. The minimum Gasteiger partial charge on any atom is -0.465 e. The van der Waals surface area contributed by atoms with E-state index < -0.39 is 29.5 Å². The summed E-state index contributed by atoms with van der Waals surface area (Å²) in [6.07, 6.45) is 1.49. The summed E-state index contributed by atoms with van der Waals surface area (Å²) >= 11 is 0.992. The maximum absolute atomic E-state index is 13.4. The van der Waals surface area contributed by atoms with Crippen molar-refractivity contribution < 1.29 is 28.3 Å². The molecule has 14 heteroatoms. The number of benzene rings is 1. The third-order valence-electron chi connectivity index (χ3n) is 4.88. The lowest BCUT2D eigenvalue weighted by atomic mass is 10.1. The van der Waals surface area contributed by atoms with Gasteiger partial charge in [-0.25, -0.2) is 23.5 Å². The fourth-order valence-electron chi connectivity index (χ4n) is 3.10. The number of anilines is 3. The number of aromatic nitrogens is 3. The van der Waals surface area contributed by atoms with Crippen molar-refractivity contribution in [1.29, 1.82) is 0 Å². The first kappa shape index (κ1) is 23.0. The minimum atomic E-state index is -1.09. The van der Waals surface area contributed by atoms with E-state index in [4.69, 9.17) is 5.11 Å². The lowest BCUT2D eigenvalue weighted by Crippen LogP contribution is -2.60. The van der Waals surface area contributed by atoms with E-state index in [9.17, 15) is 23.2 Å². The average Bonchev–Trinajstić information content (AvgIpc) is 3.13. The topological polar surface area (TPSA) is 149 Å². The van der Waals surface area contributed by atoms with Crippen LogP contribution in [0, 0.1) is 18.6 Å². The lowest BCUT2D eigenvalue weighted by Gasteiger charge is -2.37. The fourth-order valence-corrected chi connectivity index (χ4v) is 3.90. The molecule has 1 fully saturated rings. The van der Waals surface area contributed by atoms with Crippen LogP contribution in [0.4, 0.5) is 30.1 Å². The standard InChI is InChI=1S/C20H17F2N7O4S/c1-9-16(18(31)25-10-2-3-12(21)13(22)4-10)19(34-28-9)27-15-6-23-14(5-24-15)17(30)26-11-7-29(8-11)20(32)33/h2-6,11H,7-8H2,1H3,(H,24,27)(H,25,31)(H,26,30)(H,32,33). The zero-order chi connectivity index (χ0) is 24.4. The molecule has 1 saturated heterocycles. The molecular formula is C20H17F2N7O4S. The first-order chi connectivity index (χ1) is 16.2. The molecule has 3 aromatic rings. The van der Waals surface area contributed by atoms with Gasteiger partial charge in [-0.15, -0.1) is 0 Å². The number of nitrogens with zero attached hydrogens (tertiary/aromatic N) is 4. The Morgan fingerprint density at radius 1 is 1.12 bits per heavy atom. The van der Waals surface area contributed by atoms with E-state index in [0.717, 1.165) is 23.7 Å². The van der Waals surface area contributed by atoms with Gasteiger partial charge in [-0.2, -0.15) is 4.37 Å². The number of carbonyl (C=O) groups is 3. The molecule has 4 rings (SSSR count). The van der Waals surface area contributed by atoms with Crippen molar-refractivity contribution in [1.82, 2.24) is 24.6 Å². The maximum atomic E-state index is 13.4. The molecule has 1 aliphatic rings. The molecular weight excluding hydrogens is 472 g/mol. The van der Waals surface area contributed by atoms with Crippen LogP contribution in [0.3, 0.4) is 0 Å². The van der Waals surface area contributed by atoms with Crippen LogP contribution in [-0.4, -0.2) is 61.4 Å². The molecule has 1 aliphatic heterocycles. The van der Waals surface area contributed by atoms with E-state index in [1.165, 1.54) is 23.4 Å². The van der Waals surface area contributed by atoms with Gasteiger partial charge in [-0.1, -0.05) is 0 Å². The summed E-state index contributed by atoms with van der Waals surface area (Å²) < 4.78 is 30.7. The Hall–Kier alpha value is -4.20. The number of amides is 3. The number of carboxylic acid groups (broad SMARTS) is 1. The van der Waals surface area contributed by atoms with E-state index in [-0.39, 0.29) is 41.9 Å². The zero-order valence-electron chi connectivity index (χ0n) is 17.5. The highest BCUT2D eigenvalue weighted by Gasteiger charge is 2.32. The average molecular weight is 489 g/mol. The molecule has 4 N–H and O–H groups in total. The predicted molar refractivity (Wildman–Crippen MR) is 117 cm³/mol. The van der Waals surface area contributed by atoms with Crippen molar-refractivity contribution in [2.45, 2.75) is 13.0 Å². The van der Waals surface area contributed by atoms with Crippen molar-refractivity contribution in [2.24, 2.45) is 0 Å². The van der Waals surface area contributed by atoms with E-state index in [1.807, 2.05) is 0 Å². The zero-order valence-corrected chi connectivity index (χ0v) is 18.3. The Balaban J connectivity index is 1.40. The maximum Gasteiger partial charge on any atom is 0.407 e. The summed E-state index contributed by atoms with van der Waals surface area (Å²) in [5.74, 6) is -2.96. The number of carbonyl (C=O) groups excluding carboxylic acids is 2. The molecule has 0 bridgehead atoms. The summed E-state index contributed by atoms with van der Waals surface area (Å²) in [6, 6.07) is 2.71. The summed E-state index contributed by atoms with van der Waals surface area (Å²) in [5, 5.41) is 17.2. The van der Waals surface area contributed by atoms with Crippen LogP contribution in [0.1, 0.15) is 26.5 Å². The Morgan fingerprint density at radius 2 is 1.88 bits per heavy atom. The van der Waals surface area contributed by atoms with E-state index in [2.05, 4.69) is 30.3 Å². The molecule has 176 valence electrons. The Kier molecular flexibility index (Phi) is 6.32. The second-order valence-electron chi connectivity index (χ2n) is 7.32. The summed E-state index contributed by atoms with van der Waals surface area (Å²) in [4.78, 5) is 45.1. The van der Waals surface area contributed by atoms with E-state index >= 15 is 0 Å². The molecule has 3 amide bonds. The molecule has 0 atom stereocenters. The van der Waals surface area contributed by atoms with Crippen molar-refractivity contribution >= 4 is 45.9 Å². The Morgan fingerprint density at radius 3 is 2.53 bits per heavy atom. The van der Waals surface area contributed by atoms with Gasteiger partial charge >= 0.3 is 6.09 Å². The van der Waals surface area contributed by atoms with Crippen molar-refractivity contribution in [3.05, 3.63) is 59.2 Å². The van der Waals surface area contributed by atoms with Gasteiger partial charge in [0.25, 0.3) is 11.8 Å². The van der Waals surface area contributed by atoms with Crippen LogP contribution in [0.2, 0.25) is 0 Å². The fraction of sp³-hybridized carbons (Fsp3) is 0.200. The molecule has 3 heterocycles. The molecule has 0 spiro atoms. The number of aryl methyl sites for hydroxylation is 1. The molecule has 0 aliphatic carbocycles. The molecule has 1 aromatic carbocycles. The second-order valence-corrected chi connectivity index (χ2v) is 8.10. The number of rotatable bonds is 6. The molecule has 11 nitrogen and oxygen atoms in total. The number of likely N-dealkylation sites (tertiary alicyclic amines) is 1. The number of halogens is 2. The van der Waals surface area contributed by atoms with Gasteiger partial charge in [0.15, 0.2) is 11.6 Å².